The maximum Gasteiger partial charge on any atom is 0.162 e. The third-order valence-corrected chi connectivity index (χ3v) is 5.82. The Hall–Kier alpha value is -3.31. The van der Waals surface area contributed by atoms with Crippen molar-refractivity contribution < 1.29 is 5.11 Å². The van der Waals surface area contributed by atoms with Gasteiger partial charge in [-0.2, -0.15) is 0 Å². The van der Waals surface area contributed by atoms with Gasteiger partial charge in [0.25, 0.3) is 0 Å². The Bertz CT molecular complexity index is 1230. The van der Waals surface area contributed by atoms with Gasteiger partial charge in [0.1, 0.15) is 11.3 Å². The molecule has 2 unspecified atom stereocenters. The average molecular weight is 444 g/mol. The van der Waals surface area contributed by atoms with Gasteiger partial charge in [0.05, 0.1) is 16.4 Å². The van der Waals surface area contributed by atoms with E-state index in [0.29, 0.717) is 18.8 Å². The lowest BCUT2D eigenvalue weighted by atomic mass is 10.1. The zero-order valence-corrected chi connectivity index (χ0v) is 18.6. The smallest absolute Gasteiger partial charge is 0.162 e. The molecule has 0 amide bonds. The summed E-state index contributed by atoms with van der Waals surface area (Å²) >= 11 is 1.55. The molecule has 0 aliphatic heterocycles. The Balaban J connectivity index is 1.64. The van der Waals surface area contributed by atoms with Crippen molar-refractivity contribution in [2.45, 2.75) is 31.9 Å². The van der Waals surface area contributed by atoms with E-state index in [1.54, 1.807) is 30.7 Å². The van der Waals surface area contributed by atoms with Gasteiger partial charge < -0.3 is 16.2 Å². The molecule has 4 aromatic rings. The fourth-order valence-electron chi connectivity index (χ4n) is 3.27. The zero-order valence-electron chi connectivity index (χ0n) is 17.8. The van der Waals surface area contributed by atoms with Crippen molar-refractivity contribution in [2.75, 3.05) is 11.9 Å². The number of aliphatic hydroxyl groups is 1. The molecule has 0 aliphatic rings. The first-order chi connectivity index (χ1) is 15.6. The number of rotatable bonds is 7. The van der Waals surface area contributed by atoms with Crippen LogP contribution < -0.4 is 11.1 Å². The molecule has 0 fully saturated rings. The largest absolute Gasteiger partial charge is 0.392 e. The van der Waals surface area contributed by atoms with Crippen molar-refractivity contribution in [3.8, 4) is 23.2 Å². The monoisotopic (exact) mass is 443 g/mol. The molecule has 1 aromatic carbocycles. The van der Waals surface area contributed by atoms with Crippen molar-refractivity contribution in [2.24, 2.45) is 5.73 Å². The third-order valence-electron chi connectivity index (χ3n) is 4.85. The van der Waals surface area contributed by atoms with E-state index in [1.807, 2.05) is 35.7 Å². The Labute approximate surface area is 191 Å². The molecular formula is C25H25N5OS. The Morgan fingerprint density at radius 2 is 1.91 bits per heavy atom. The number of hydrogen-bond acceptors (Lipinski definition) is 7. The summed E-state index contributed by atoms with van der Waals surface area (Å²) in [5.74, 6) is 7.54. The number of thiophene rings is 1. The predicted octanol–water partition coefficient (Wildman–Crippen LogP) is 3.86. The van der Waals surface area contributed by atoms with Gasteiger partial charge in [-0.05, 0) is 31.0 Å². The van der Waals surface area contributed by atoms with Crippen LogP contribution in [0.3, 0.4) is 0 Å². The molecule has 2 atom stereocenters. The van der Waals surface area contributed by atoms with Crippen LogP contribution in [0, 0.1) is 11.8 Å². The van der Waals surface area contributed by atoms with Gasteiger partial charge in [-0.15, -0.1) is 11.3 Å². The van der Waals surface area contributed by atoms with Gasteiger partial charge >= 0.3 is 0 Å². The normalized spacial score (nSPS) is 12.7. The molecule has 0 spiro atoms. The van der Waals surface area contributed by atoms with E-state index in [1.165, 1.54) is 5.56 Å². The minimum Gasteiger partial charge on any atom is -0.392 e. The summed E-state index contributed by atoms with van der Waals surface area (Å²) < 4.78 is 0.941. The van der Waals surface area contributed by atoms with Crippen LogP contribution >= 0.6 is 11.3 Å². The Kier molecular flexibility index (Phi) is 7.07. The van der Waals surface area contributed by atoms with E-state index in [-0.39, 0.29) is 6.04 Å². The highest BCUT2D eigenvalue weighted by molar-refractivity contribution is 7.18. The fourth-order valence-corrected chi connectivity index (χ4v) is 4.17. The van der Waals surface area contributed by atoms with E-state index in [2.05, 4.69) is 34.3 Å². The minimum atomic E-state index is -0.460. The average Bonchev–Trinajstić information content (AvgIpc) is 3.21. The van der Waals surface area contributed by atoms with Gasteiger partial charge in [0, 0.05) is 42.3 Å². The molecular weight excluding hydrogens is 418 g/mol. The van der Waals surface area contributed by atoms with E-state index in [0.717, 1.165) is 33.6 Å². The molecule has 32 heavy (non-hydrogen) atoms. The number of pyridine rings is 1. The lowest BCUT2D eigenvalue weighted by Gasteiger charge is -2.14. The summed E-state index contributed by atoms with van der Waals surface area (Å²) in [6.45, 7) is 2.31. The van der Waals surface area contributed by atoms with Crippen molar-refractivity contribution in [1.82, 2.24) is 15.0 Å². The first kappa shape index (κ1) is 21.9. The van der Waals surface area contributed by atoms with Crippen LogP contribution in [0.1, 0.15) is 24.5 Å². The van der Waals surface area contributed by atoms with Gasteiger partial charge in [-0.3, -0.25) is 4.98 Å². The minimum absolute atomic E-state index is 0.0583. The van der Waals surface area contributed by atoms with Crippen LogP contribution in [-0.4, -0.2) is 38.7 Å². The first-order valence-corrected chi connectivity index (χ1v) is 11.4. The lowest BCUT2D eigenvalue weighted by Crippen LogP contribution is -2.31. The van der Waals surface area contributed by atoms with E-state index >= 15 is 0 Å². The Morgan fingerprint density at radius 1 is 1.12 bits per heavy atom. The molecule has 0 aliphatic carbocycles. The summed E-state index contributed by atoms with van der Waals surface area (Å²) in [5.41, 5.74) is 10.1. The van der Waals surface area contributed by atoms with Crippen molar-refractivity contribution >= 4 is 27.4 Å². The highest BCUT2D eigenvalue weighted by atomic mass is 32.1. The number of nitrogens with two attached hydrogens (primary N) is 1. The molecule has 4 rings (SSSR count). The van der Waals surface area contributed by atoms with Gasteiger partial charge in [-0.25, -0.2) is 9.97 Å². The second kappa shape index (κ2) is 10.3. The number of fused-ring (bicyclic) bond motifs is 1. The number of anilines is 1. The fraction of sp³-hybridized carbons (Fsp3) is 0.240. The van der Waals surface area contributed by atoms with Crippen LogP contribution in [0.5, 0.6) is 0 Å². The van der Waals surface area contributed by atoms with Crippen LogP contribution in [-0.2, 0) is 6.42 Å². The van der Waals surface area contributed by atoms with Crippen molar-refractivity contribution in [1.29, 1.82) is 0 Å². The van der Waals surface area contributed by atoms with Crippen LogP contribution in [0.25, 0.3) is 21.6 Å². The second-order valence-corrected chi connectivity index (χ2v) is 8.52. The summed E-state index contributed by atoms with van der Waals surface area (Å²) in [7, 11) is 0. The number of hydrogen-bond donors (Lipinski definition) is 3. The summed E-state index contributed by atoms with van der Waals surface area (Å²) in [6, 6.07) is 13.9. The third kappa shape index (κ3) is 5.48. The molecule has 6 nitrogen and oxygen atoms in total. The standard InChI is InChI=1S/C25H25N5OS/c1-17(31)6-5-9-20-16-32-23-22(20)29-24(19-10-12-27-13-11-19)30-25(23)28-15-21(26)14-18-7-3-2-4-8-18/h2-4,7-8,10-13,16-17,21,31H,6,14-15,26H2,1H3,(H,28,29,30). The lowest BCUT2D eigenvalue weighted by molar-refractivity contribution is 0.201. The SMILES string of the molecule is CC(O)CC#Cc1csc2c(NCC(N)Cc3ccccc3)nc(-c3ccncc3)nc12. The summed E-state index contributed by atoms with van der Waals surface area (Å²) in [6.07, 6.45) is 4.18. The summed E-state index contributed by atoms with van der Waals surface area (Å²) in [4.78, 5) is 13.7. The van der Waals surface area contributed by atoms with E-state index in [9.17, 15) is 5.11 Å². The van der Waals surface area contributed by atoms with Crippen LogP contribution in [0.2, 0.25) is 0 Å². The highest BCUT2D eigenvalue weighted by Gasteiger charge is 2.15. The quantitative estimate of drug-likeness (QED) is 0.375. The number of aliphatic hydroxyl groups excluding tert-OH is 1. The van der Waals surface area contributed by atoms with E-state index in [4.69, 9.17) is 15.7 Å². The molecule has 162 valence electrons. The number of nitrogens with one attached hydrogen (secondary N) is 1. The van der Waals surface area contributed by atoms with Crippen molar-refractivity contribution in [3.63, 3.8) is 0 Å². The molecule has 0 bridgehead atoms. The molecule has 3 aromatic heterocycles. The molecule has 0 radical (unpaired) electrons. The van der Waals surface area contributed by atoms with Crippen LogP contribution in [0.4, 0.5) is 5.82 Å². The predicted molar refractivity (Wildman–Crippen MR) is 130 cm³/mol. The molecule has 0 saturated carbocycles. The number of benzene rings is 1. The summed E-state index contributed by atoms with van der Waals surface area (Å²) in [5, 5.41) is 14.9. The van der Waals surface area contributed by atoms with Gasteiger partial charge in [-0.1, -0.05) is 42.2 Å². The topological polar surface area (TPSA) is 97.0 Å². The maximum atomic E-state index is 9.51. The maximum absolute atomic E-state index is 9.51. The molecule has 3 heterocycles. The highest BCUT2D eigenvalue weighted by Crippen LogP contribution is 2.32. The Morgan fingerprint density at radius 3 is 2.66 bits per heavy atom. The number of nitrogens with zero attached hydrogens (tertiary/aromatic N) is 3. The molecule has 7 heteroatoms. The zero-order chi connectivity index (χ0) is 22.3. The van der Waals surface area contributed by atoms with Crippen LogP contribution in [0.15, 0.2) is 60.2 Å². The second-order valence-electron chi connectivity index (χ2n) is 7.64. The number of aromatic nitrogens is 3. The molecule has 4 N–H and O–H groups in total. The first-order valence-electron chi connectivity index (χ1n) is 10.5. The van der Waals surface area contributed by atoms with Crippen molar-refractivity contribution in [3.05, 3.63) is 71.4 Å². The molecule has 0 saturated heterocycles. The van der Waals surface area contributed by atoms with Gasteiger partial charge in [0.2, 0.25) is 0 Å². The van der Waals surface area contributed by atoms with Gasteiger partial charge in [0.15, 0.2) is 5.82 Å². The van der Waals surface area contributed by atoms with E-state index < -0.39 is 6.10 Å².